The molecule has 0 aromatic carbocycles. The van der Waals surface area contributed by atoms with Crippen molar-refractivity contribution in [3.05, 3.63) is 0 Å². The van der Waals surface area contributed by atoms with Crippen LogP contribution in [0.2, 0.25) is 0 Å². The lowest BCUT2D eigenvalue weighted by atomic mass is 9.96. The van der Waals surface area contributed by atoms with Crippen LogP contribution in [0.3, 0.4) is 0 Å². The summed E-state index contributed by atoms with van der Waals surface area (Å²) in [6.07, 6.45) is -2.16. The maximum absolute atomic E-state index is 11.8. The fourth-order valence-corrected chi connectivity index (χ4v) is 1.74. The summed E-state index contributed by atoms with van der Waals surface area (Å²) in [5, 5.41) is 0. The summed E-state index contributed by atoms with van der Waals surface area (Å²) in [6.45, 7) is 10.8. The minimum absolute atomic E-state index is 0.176. The first-order valence-electron chi connectivity index (χ1n) is 6.98. The molecule has 0 radical (unpaired) electrons. The zero-order valence-corrected chi connectivity index (χ0v) is 13.5. The van der Waals surface area contributed by atoms with Gasteiger partial charge in [-0.3, -0.25) is 9.59 Å². The van der Waals surface area contributed by atoms with Crippen molar-refractivity contribution in [3.8, 4) is 0 Å². The molecule has 120 valence electrons. The van der Waals surface area contributed by atoms with E-state index in [1.54, 1.807) is 20.8 Å². The zero-order valence-electron chi connectivity index (χ0n) is 13.5. The topological polar surface area (TPSA) is 78.9 Å². The highest BCUT2D eigenvalue weighted by Crippen LogP contribution is 2.30. The summed E-state index contributed by atoms with van der Waals surface area (Å²) in [7, 11) is 0. The highest BCUT2D eigenvalue weighted by Gasteiger charge is 2.42. The van der Waals surface area contributed by atoms with Gasteiger partial charge in [0.2, 0.25) is 6.29 Å². The van der Waals surface area contributed by atoms with Gasteiger partial charge in [0.15, 0.2) is 6.10 Å². The lowest BCUT2D eigenvalue weighted by Gasteiger charge is -2.24. The Morgan fingerprint density at radius 2 is 1.71 bits per heavy atom. The molecule has 0 saturated carbocycles. The molecule has 1 rings (SSSR count). The molecule has 6 heteroatoms. The summed E-state index contributed by atoms with van der Waals surface area (Å²) in [5.74, 6) is -1.57. The molecule has 2 atom stereocenters. The van der Waals surface area contributed by atoms with Crippen LogP contribution < -0.4 is 0 Å². The van der Waals surface area contributed by atoms with E-state index >= 15 is 0 Å². The van der Waals surface area contributed by atoms with Gasteiger partial charge < -0.3 is 14.2 Å². The fraction of sp³-hybridized carbons (Fsp3) is 0.800. The fourth-order valence-electron chi connectivity index (χ4n) is 1.74. The second kappa shape index (κ2) is 6.13. The zero-order chi connectivity index (χ0) is 16.4. The molecule has 1 heterocycles. The second-order valence-corrected chi connectivity index (χ2v) is 7.27. The number of rotatable bonds is 4. The predicted molar refractivity (Wildman–Crippen MR) is 74.3 cm³/mol. The van der Waals surface area contributed by atoms with E-state index in [2.05, 4.69) is 0 Å². The molecule has 0 aromatic rings. The van der Waals surface area contributed by atoms with Crippen LogP contribution in [0.25, 0.3) is 0 Å². The highest BCUT2D eigenvalue weighted by atomic mass is 16.8. The van der Waals surface area contributed by atoms with Gasteiger partial charge in [-0.05, 0) is 20.8 Å². The quantitative estimate of drug-likeness (QED) is 0.583. The molecule has 0 spiro atoms. The van der Waals surface area contributed by atoms with Gasteiger partial charge in [0.1, 0.15) is 17.8 Å². The number of ketones is 1. The molecule has 0 bridgehead atoms. The lowest BCUT2D eigenvalue weighted by molar-refractivity contribution is -0.156. The van der Waals surface area contributed by atoms with Crippen LogP contribution in [0, 0.1) is 5.41 Å². The van der Waals surface area contributed by atoms with E-state index in [-0.39, 0.29) is 18.3 Å². The third kappa shape index (κ3) is 5.83. The molecule has 1 aliphatic heterocycles. The second-order valence-electron chi connectivity index (χ2n) is 7.27. The first-order chi connectivity index (χ1) is 9.38. The van der Waals surface area contributed by atoms with Gasteiger partial charge in [-0.15, -0.1) is 0 Å². The average Bonchev–Trinajstić information content (AvgIpc) is 2.56. The molecule has 0 aliphatic carbocycles. The monoisotopic (exact) mass is 300 g/mol. The predicted octanol–water partition coefficient (Wildman–Crippen LogP) is 1.99. The Balaban J connectivity index is 2.49. The maximum Gasteiger partial charge on any atom is 0.338 e. The number of hydrogen-bond acceptors (Lipinski definition) is 6. The Hall–Kier alpha value is -1.43. The first-order valence-corrected chi connectivity index (χ1v) is 6.98. The van der Waals surface area contributed by atoms with E-state index in [1.807, 2.05) is 20.8 Å². The minimum Gasteiger partial charge on any atom is -0.460 e. The number of cyclic esters (lactones) is 1. The highest BCUT2D eigenvalue weighted by molar-refractivity contribution is 5.97. The summed E-state index contributed by atoms with van der Waals surface area (Å²) in [5.41, 5.74) is -1.00. The van der Waals surface area contributed by atoms with Crippen LogP contribution in [0.5, 0.6) is 0 Å². The summed E-state index contributed by atoms with van der Waals surface area (Å²) in [6, 6.07) is 0. The van der Waals surface area contributed by atoms with Crippen molar-refractivity contribution >= 4 is 17.7 Å². The smallest absolute Gasteiger partial charge is 0.338 e. The van der Waals surface area contributed by atoms with E-state index in [0.717, 1.165) is 0 Å². The summed E-state index contributed by atoms with van der Waals surface area (Å²) >= 11 is 0. The van der Waals surface area contributed by atoms with Crippen molar-refractivity contribution < 1.29 is 28.6 Å². The minimum atomic E-state index is -0.941. The van der Waals surface area contributed by atoms with Gasteiger partial charge in [-0.25, -0.2) is 4.79 Å². The van der Waals surface area contributed by atoms with Crippen LogP contribution in [0.15, 0.2) is 0 Å². The Bertz CT molecular complexity index is 426. The van der Waals surface area contributed by atoms with E-state index in [9.17, 15) is 14.4 Å². The van der Waals surface area contributed by atoms with E-state index < -0.39 is 35.7 Å². The standard InChI is InChI=1S/C15H24O6/c1-14(2,3)13-19-10(12(18)20-13)7-9(16)8-11(17)21-15(4,5)6/h10,13H,7-8H2,1-6H3. The van der Waals surface area contributed by atoms with E-state index in [1.165, 1.54) is 0 Å². The molecule has 1 aliphatic rings. The number of hydrogen-bond donors (Lipinski definition) is 0. The van der Waals surface area contributed by atoms with Crippen molar-refractivity contribution in [1.29, 1.82) is 0 Å². The van der Waals surface area contributed by atoms with Crippen LogP contribution in [0.1, 0.15) is 54.4 Å². The SMILES string of the molecule is CC(C)(C)OC(=O)CC(=O)CC1OC(C(C)(C)C)OC1=O. The van der Waals surface area contributed by atoms with E-state index in [4.69, 9.17) is 14.2 Å². The van der Waals surface area contributed by atoms with Gasteiger partial charge in [0.25, 0.3) is 0 Å². The van der Waals surface area contributed by atoms with Gasteiger partial charge in [-0.1, -0.05) is 20.8 Å². The first kappa shape index (κ1) is 17.6. The van der Waals surface area contributed by atoms with Crippen LogP contribution in [-0.2, 0) is 28.6 Å². The third-order valence-corrected chi connectivity index (χ3v) is 2.66. The Morgan fingerprint density at radius 1 is 1.14 bits per heavy atom. The van der Waals surface area contributed by atoms with Crippen LogP contribution in [0.4, 0.5) is 0 Å². The Morgan fingerprint density at radius 3 is 2.14 bits per heavy atom. The number of carbonyl (C=O) groups is 3. The maximum atomic E-state index is 11.8. The molecule has 1 fully saturated rings. The molecular formula is C15H24O6. The molecule has 21 heavy (non-hydrogen) atoms. The largest absolute Gasteiger partial charge is 0.460 e. The number of esters is 2. The lowest BCUT2D eigenvalue weighted by Crippen LogP contribution is -2.29. The van der Waals surface area contributed by atoms with Gasteiger partial charge in [-0.2, -0.15) is 0 Å². The molecule has 0 amide bonds. The number of Topliss-reactive ketones (excluding diaryl/α,β-unsaturated/α-hetero) is 1. The van der Waals surface area contributed by atoms with Gasteiger partial charge >= 0.3 is 11.9 Å². The molecule has 0 N–H and O–H groups in total. The summed E-state index contributed by atoms with van der Waals surface area (Å²) in [4.78, 5) is 35.0. The van der Waals surface area contributed by atoms with Gasteiger partial charge in [0.05, 0.1) is 0 Å². The van der Waals surface area contributed by atoms with Crippen molar-refractivity contribution in [3.63, 3.8) is 0 Å². The number of carbonyl (C=O) groups excluding carboxylic acids is 3. The summed E-state index contributed by atoms with van der Waals surface area (Å²) < 4.78 is 15.6. The molecule has 6 nitrogen and oxygen atoms in total. The normalized spacial score (nSPS) is 22.9. The van der Waals surface area contributed by atoms with Crippen molar-refractivity contribution in [2.75, 3.05) is 0 Å². The Kier molecular flexibility index (Phi) is 5.15. The average molecular weight is 300 g/mol. The molecular weight excluding hydrogens is 276 g/mol. The number of ether oxygens (including phenoxy) is 3. The Labute approximate surface area is 125 Å². The molecule has 0 aromatic heterocycles. The van der Waals surface area contributed by atoms with Crippen LogP contribution in [-0.4, -0.2) is 35.7 Å². The molecule has 2 unspecified atom stereocenters. The van der Waals surface area contributed by atoms with E-state index in [0.29, 0.717) is 0 Å². The van der Waals surface area contributed by atoms with Crippen LogP contribution >= 0.6 is 0 Å². The van der Waals surface area contributed by atoms with Crippen molar-refractivity contribution in [2.24, 2.45) is 5.41 Å². The van der Waals surface area contributed by atoms with Gasteiger partial charge in [0, 0.05) is 11.8 Å². The third-order valence-electron chi connectivity index (χ3n) is 2.66. The van der Waals surface area contributed by atoms with Crippen molar-refractivity contribution in [1.82, 2.24) is 0 Å². The van der Waals surface area contributed by atoms with Crippen molar-refractivity contribution in [2.45, 2.75) is 72.4 Å². The molecule has 1 saturated heterocycles.